The Bertz CT molecular complexity index is 2000. The van der Waals surface area contributed by atoms with Crippen LogP contribution in [0.5, 0.6) is 0 Å². The Morgan fingerprint density at radius 3 is 1.88 bits per heavy atom. The van der Waals surface area contributed by atoms with E-state index in [-0.39, 0.29) is 0 Å². The summed E-state index contributed by atoms with van der Waals surface area (Å²) in [6.07, 6.45) is 9.01. The van der Waals surface area contributed by atoms with Gasteiger partial charge in [-0.3, -0.25) is 15.0 Å². The van der Waals surface area contributed by atoms with Crippen LogP contribution < -0.4 is 0 Å². The monoisotopic (exact) mass is 592 g/mol. The number of pyridine rings is 3. The maximum atomic E-state index is 4.96. The summed E-state index contributed by atoms with van der Waals surface area (Å²) in [7, 11) is 0. The Labute approximate surface area is 245 Å². The minimum Gasteiger partial charge on any atom is -0.265 e. The fourth-order valence-electron chi connectivity index (χ4n) is 4.75. The van der Waals surface area contributed by atoms with Crippen molar-refractivity contribution in [2.45, 2.75) is 0 Å². The van der Waals surface area contributed by atoms with E-state index in [0.717, 1.165) is 54.3 Å². The fourth-order valence-corrected chi connectivity index (χ4v) is 5.25. The van der Waals surface area contributed by atoms with Crippen molar-refractivity contribution in [2.24, 2.45) is 0 Å². The van der Waals surface area contributed by atoms with Crippen molar-refractivity contribution in [3.05, 3.63) is 133 Å². The third-order valence-electron chi connectivity index (χ3n) is 6.80. The first kappa shape index (κ1) is 24.9. The van der Waals surface area contributed by atoms with Crippen molar-refractivity contribution in [3.63, 3.8) is 0 Å². The predicted octanol–water partition coefficient (Wildman–Crippen LogP) is 8.31. The van der Waals surface area contributed by atoms with Gasteiger partial charge in [0.15, 0.2) is 17.5 Å². The van der Waals surface area contributed by atoms with Crippen molar-refractivity contribution in [1.82, 2.24) is 29.9 Å². The molecular weight excluding hydrogens is 572 g/mol. The highest BCUT2D eigenvalue weighted by Crippen LogP contribution is 2.32. The van der Waals surface area contributed by atoms with Crippen molar-refractivity contribution in [1.29, 1.82) is 0 Å². The van der Waals surface area contributed by atoms with Crippen LogP contribution in [-0.2, 0) is 0 Å². The van der Waals surface area contributed by atoms with Gasteiger partial charge in [0.25, 0.3) is 0 Å². The number of hydrogen-bond acceptors (Lipinski definition) is 6. The largest absolute Gasteiger partial charge is 0.265 e. The number of rotatable bonds is 5. The van der Waals surface area contributed by atoms with Gasteiger partial charge >= 0.3 is 0 Å². The molecule has 0 unspecified atom stereocenters. The molecule has 7 aromatic rings. The molecular formula is C34H21BrN6. The van der Waals surface area contributed by atoms with Gasteiger partial charge in [0, 0.05) is 63.1 Å². The van der Waals surface area contributed by atoms with Gasteiger partial charge in [0.2, 0.25) is 0 Å². The van der Waals surface area contributed by atoms with Crippen LogP contribution in [0.4, 0.5) is 0 Å². The third-order valence-corrected chi connectivity index (χ3v) is 7.26. The number of fused-ring (bicyclic) bond motifs is 1. The van der Waals surface area contributed by atoms with Crippen molar-refractivity contribution >= 4 is 26.8 Å². The van der Waals surface area contributed by atoms with Crippen molar-refractivity contribution < 1.29 is 0 Å². The van der Waals surface area contributed by atoms with Crippen LogP contribution >= 0.6 is 15.9 Å². The fraction of sp³-hybridized carbons (Fsp3) is 0. The van der Waals surface area contributed by atoms with Gasteiger partial charge in [-0.2, -0.15) is 0 Å². The summed E-state index contributed by atoms with van der Waals surface area (Å²) in [5.74, 6) is 1.78. The second kappa shape index (κ2) is 10.8. The van der Waals surface area contributed by atoms with Gasteiger partial charge in [0.05, 0.1) is 5.52 Å². The number of halogens is 1. The highest BCUT2D eigenvalue weighted by Gasteiger charge is 2.15. The molecule has 194 valence electrons. The van der Waals surface area contributed by atoms with E-state index in [1.807, 2.05) is 72.9 Å². The Morgan fingerprint density at radius 1 is 0.439 bits per heavy atom. The molecule has 0 radical (unpaired) electrons. The summed E-state index contributed by atoms with van der Waals surface area (Å²) in [6.45, 7) is 0. The molecule has 0 saturated heterocycles. The molecule has 41 heavy (non-hydrogen) atoms. The molecule has 4 aromatic heterocycles. The lowest BCUT2D eigenvalue weighted by molar-refractivity contribution is 1.07. The zero-order valence-electron chi connectivity index (χ0n) is 21.7. The van der Waals surface area contributed by atoms with E-state index < -0.39 is 0 Å². The average molecular weight is 593 g/mol. The molecule has 0 saturated carbocycles. The number of benzene rings is 3. The highest BCUT2D eigenvalue weighted by atomic mass is 79.9. The van der Waals surface area contributed by atoms with E-state index >= 15 is 0 Å². The summed E-state index contributed by atoms with van der Waals surface area (Å²) >= 11 is 3.69. The molecule has 0 amide bonds. The molecule has 7 heteroatoms. The van der Waals surface area contributed by atoms with Gasteiger partial charge in [-0.05, 0) is 77.4 Å². The normalized spacial score (nSPS) is 11.0. The molecule has 0 atom stereocenters. The molecule has 0 aliphatic heterocycles. The zero-order valence-corrected chi connectivity index (χ0v) is 23.3. The van der Waals surface area contributed by atoms with E-state index in [2.05, 4.69) is 61.2 Å². The van der Waals surface area contributed by atoms with Crippen molar-refractivity contribution in [3.8, 4) is 56.4 Å². The Balaban J connectivity index is 1.38. The van der Waals surface area contributed by atoms with Crippen LogP contribution in [0.3, 0.4) is 0 Å². The lowest BCUT2D eigenvalue weighted by Crippen LogP contribution is -2.00. The molecule has 7 rings (SSSR count). The maximum absolute atomic E-state index is 4.96. The Kier molecular flexibility index (Phi) is 6.55. The summed E-state index contributed by atoms with van der Waals surface area (Å²) in [5.41, 5.74) is 7.82. The number of hydrogen-bond donors (Lipinski definition) is 0. The summed E-state index contributed by atoms with van der Waals surface area (Å²) in [4.78, 5) is 27.7. The van der Waals surface area contributed by atoms with Gasteiger partial charge in [-0.25, -0.2) is 15.0 Å². The van der Waals surface area contributed by atoms with Crippen LogP contribution in [-0.4, -0.2) is 29.9 Å². The standard InChI is InChI=1S/C34H21BrN6/c35-30-19-28(27-4-1-13-37-21-27)18-29(20-30)34-40-32(24-7-5-22(6-8-24)23-11-15-36-16-12-23)39-33(41-34)26-9-10-31-25(17-26)3-2-14-38-31/h1-21H. The topological polar surface area (TPSA) is 77.3 Å². The van der Waals surface area contributed by atoms with Gasteiger partial charge in [-0.15, -0.1) is 0 Å². The third kappa shape index (κ3) is 5.23. The molecule has 4 heterocycles. The number of nitrogens with zero attached hydrogens (tertiary/aromatic N) is 6. The van der Waals surface area contributed by atoms with E-state index in [1.54, 1.807) is 24.8 Å². The molecule has 6 nitrogen and oxygen atoms in total. The second-order valence-electron chi connectivity index (χ2n) is 9.50. The molecule has 0 spiro atoms. The molecule has 3 aromatic carbocycles. The van der Waals surface area contributed by atoms with Crippen molar-refractivity contribution in [2.75, 3.05) is 0 Å². The van der Waals surface area contributed by atoms with E-state index in [1.165, 1.54) is 0 Å². The summed E-state index contributed by atoms with van der Waals surface area (Å²) in [5, 5.41) is 1.02. The van der Waals surface area contributed by atoms with E-state index in [9.17, 15) is 0 Å². The molecule has 0 aliphatic carbocycles. The first-order valence-corrected chi connectivity index (χ1v) is 13.8. The average Bonchev–Trinajstić information content (AvgIpc) is 3.05. The lowest BCUT2D eigenvalue weighted by atomic mass is 10.0. The molecule has 0 aliphatic rings. The summed E-state index contributed by atoms with van der Waals surface area (Å²) in [6, 6.07) is 32.4. The highest BCUT2D eigenvalue weighted by molar-refractivity contribution is 9.10. The predicted molar refractivity (Wildman–Crippen MR) is 166 cm³/mol. The molecule has 0 bridgehead atoms. The zero-order chi connectivity index (χ0) is 27.6. The second-order valence-corrected chi connectivity index (χ2v) is 10.4. The van der Waals surface area contributed by atoms with Crippen LogP contribution in [0.2, 0.25) is 0 Å². The Morgan fingerprint density at radius 2 is 1.10 bits per heavy atom. The van der Waals surface area contributed by atoms with E-state index in [4.69, 9.17) is 15.0 Å². The molecule has 0 fully saturated rings. The van der Waals surface area contributed by atoms with Crippen LogP contribution in [0.15, 0.2) is 133 Å². The van der Waals surface area contributed by atoms with Crippen LogP contribution in [0, 0.1) is 0 Å². The minimum absolute atomic E-state index is 0.584. The lowest BCUT2D eigenvalue weighted by Gasteiger charge is -2.11. The maximum Gasteiger partial charge on any atom is 0.164 e. The first-order valence-electron chi connectivity index (χ1n) is 13.0. The minimum atomic E-state index is 0.584. The smallest absolute Gasteiger partial charge is 0.164 e. The van der Waals surface area contributed by atoms with Gasteiger partial charge < -0.3 is 0 Å². The quantitative estimate of drug-likeness (QED) is 0.200. The van der Waals surface area contributed by atoms with Gasteiger partial charge in [0.1, 0.15) is 0 Å². The Hall–Kier alpha value is -5.14. The van der Waals surface area contributed by atoms with Gasteiger partial charge in [-0.1, -0.05) is 52.3 Å². The van der Waals surface area contributed by atoms with Crippen LogP contribution in [0.25, 0.3) is 67.3 Å². The first-order chi connectivity index (χ1) is 20.2. The number of aromatic nitrogens is 6. The van der Waals surface area contributed by atoms with E-state index in [0.29, 0.717) is 17.5 Å². The molecule has 0 N–H and O–H groups in total. The van der Waals surface area contributed by atoms with Crippen LogP contribution in [0.1, 0.15) is 0 Å². The summed E-state index contributed by atoms with van der Waals surface area (Å²) < 4.78 is 0.927. The SMILES string of the molecule is Brc1cc(-c2cccnc2)cc(-c2nc(-c3ccc(-c4ccncc4)cc3)nc(-c3ccc4ncccc4c3)n2)c1.